The largest absolute Gasteiger partial charge is 0.493 e. The Morgan fingerprint density at radius 2 is 1.94 bits per heavy atom. The molecule has 2 nitrogen and oxygen atoms in total. The molecule has 0 spiro atoms. The van der Waals surface area contributed by atoms with Gasteiger partial charge in [0.25, 0.3) is 0 Å². The van der Waals surface area contributed by atoms with Crippen LogP contribution in [0.3, 0.4) is 0 Å². The number of hydrogen-bond acceptors (Lipinski definition) is 2. The lowest BCUT2D eigenvalue weighted by atomic mass is 10.1. The van der Waals surface area contributed by atoms with Gasteiger partial charge >= 0.3 is 0 Å². The van der Waals surface area contributed by atoms with Crippen LogP contribution in [-0.4, -0.2) is 6.61 Å². The molecule has 2 aromatic carbocycles. The molecule has 92 valence electrons. The van der Waals surface area contributed by atoms with E-state index in [1.54, 1.807) is 12.1 Å². The molecule has 18 heavy (non-hydrogen) atoms. The van der Waals surface area contributed by atoms with Crippen molar-refractivity contribution in [3.63, 3.8) is 0 Å². The van der Waals surface area contributed by atoms with E-state index < -0.39 is 0 Å². The average Bonchev–Trinajstić information content (AvgIpc) is 2.85. The number of hydrogen-bond donors (Lipinski definition) is 1. The first kappa shape index (κ1) is 11.1. The van der Waals surface area contributed by atoms with Crippen LogP contribution >= 0.6 is 0 Å². The first-order chi connectivity index (χ1) is 8.81. The Kier molecular flexibility index (Phi) is 2.89. The molecule has 0 bridgehead atoms. The van der Waals surface area contributed by atoms with Crippen LogP contribution < -0.4 is 10.1 Å². The monoisotopic (exact) mass is 243 g/mol. The fourth-order valence-electron chi connectivity index (χ4n) is 2.10. The maximum Gasteiger partial charge on any atom is 0.123 e. The lowest BCUT2D eigenvalue weighted by Crippen LogP contribution is -1.99. The van der Waals surface area contributed by atoms with Crippen molar-refractivity contribution in [2.24, 2.45) is 0 Å². The SMILES string of the molecule is Fc1ccc(CNc2ccc3c(c2)CCO3)cc1. The topological polar surface area (TPSA) is 21.3 Å². The number of benzene rings is 2. The van der Waals surface area contributed by atoms with Crippen molar-refractivity contribution in [2.45, 2.75) is 13.0 Å². The Balaban J connectivity index is 1.68. The zero-order valence-electron chi connectivity index (χ0n) is 9.95. The second-order valence-electron chi connectivity index (χ2n) is 4.40. The lowest BCUT2D eigenvalue weighted by Gasteiger charge is -2.08. The highest BCUT2D eigenvalue weighted by atomic mass is 19.1. The number of ether oxygens (including phenoxy) is 1. The zero-order valence-corrected chi connectivity index (χ0v) is 9.95. The predicted molar refractivity (Wildman–Crippen MR) is 69.4 cm³/mol. The molecular weight excluding hydrogens is 229 g/mol. The molecule has 0 atom stereocenters. The maximum atomic E-state index is 12.8. The van der Waals surface area contributed by atoms with Crippen LogP contribution in [0.5, 0.6) is 5.75 Å². The number of halogens is 1. The standard InChI is InChI=1S/C15H14FNO/c16-13-3-1-11(2-4-13)10-17-14-5-6-15-12(9-14)7-8-18-15/h1-6,9,17H,7-8,10H2. The molecular formula is C15H14FNO. The second-order valence-corrected chi connectivity index (χ2v) is 4.40. The van der Waals surface area contributed by atoms with Gasteiger partial charge in [-0.3, -0.25) is 0 Å². The van der Waals surface area contributed by atoms with E-state index in [0.717, 1.165) is 30.0 Å². The fraction of sp³-hybridized carbons (Fsp3) is 0.200. The summed E-state index contributed by atoms with van der Waals surface area (Å²) in [5.74, 6) is 0.788. The first-order valence-electron chi connectivity index (χ1n) is 6.05. The summed E-state index contributed by atoms with van der Waals surface area (Å²) >= 11 is 0. The third kappa shape index (κ3) is 2.30. The van der Waals surface area contributed by atoms with Crippen LogP contribution in [0.4, 0.5) is 10.1 Å². The first-order valence-corrected chi connectivity index (χ1v) is 6.05. The van der Waals surface area contributed by atoms with E-state index in [-0.39, 0.29) is 5.82 Å². The maximum absolute atomic E-state index is 12.8. The summed E-state index contributed by atoms with van der Waals surface area (Å²) in [4.78, 5) is 0. The highest BCUT2D eigenvalue weighted by molar-refractivity contribution is 5.52. The van der Waals surface area contributed by atoms with Crippen molar-refractivity contribution in [2.75, 3.05) is 11.9 Å². The van der Waals surface area contributed by atoms with E-state index >= 15 is 0 Å². The molecule has 0 saturated heterocycles. The van der Waals surface area contributed by atoms with Gasteiger partial charge in [0.2, 0.25) is 0 Å². The van der Waals surface area contributed by atoms with E-state index in [9.17, 15) is 4.39 Å². The van der Waals surface area contributed by atoms with Gasteiger partial charge in [-0.15, -0.1) is 0 Å². The molecule has 0 aliphatic carbocycles. The molecule has 0 unspecified atom stereocenters. The minimum absolute atomic E-state index is 0.201. The second kappa shape index (κ2) is 4.69. The molecule has 0 amide bonds. The van der Waals surface area contributed by atoms with Gasteiger partial charge < -0.3 is 10.1 Å². The molecule has 1 aliphatic heterocycles. The van der Waals surface area contributed by atoms with Gasteiger partial charge in [-0.25, -0.2) is 4.39 Å². The minimum atomic E-state index is -0.201. The molecule has 1 N–H and O–H groups in total. The number of nitrogens with one attached hydrogen (secondary N) is 1. The van der Waals surface area contributed by atoms with E-state index in [2.05, 4.69) is 11.4 Å². The predicted octanol–water partition coefficient (Wildman–Crippen LogP) is 3.37. The Labute approximate surface area is 105 Å². The molecule has 0 saturated carbocycles. The molecule has 0 fully saturated rings. The summed E-state index contributed by atoms with van der Waals surface area (Å²) in [5, 5.41) is 3.33. The molecule has 0 aromatic heterocycles. The van der Waals surface area contributed by atoms with Crippen LogP contribution in [0.15, 0.2) is 42.5 Å². The third-order valence-corrected chi connectivity index (χ3v) is 3.10. The number of fused-ring (bicyclic) bond motifs is 1. The van der Waals surface area contributed by atoms with Gasteiger partial charge in [0.1, 0.15) is 11.6 Å². The van der Waals surface area contributed by atoms with Gasteiger partial charge in [-0.1, -0.05) is 12.1 Å². The van der Waals surface area contributed by atoms with Crippen LogP contribution in [0.1, 0.15) is 11.1 Å². The highest BCUT2D eigenvalue weighted by Crippen LogP contribution is 2.27. The molecule has 2 aromatic rings. The van der Waals surface area contributed by atoms with Crippen molar-refractivity contribution in [1.29, 1.82) is 0 Å². The normalized spacial score (nSPS) is 12.9. The molecule has 1 heterocycles. The van der Waals surface area contributed by atoms with E-state index in [0.29, 0.717) is 6.54 Å². The van der Waals surface area contributed by atoms with Crippen LogP contribution in [-0.2, 0) is 13.0 Å². The lowest BCUT2D eigenvalue weighted by molar-refractivity contribution is 0.357. The quantitative estimate of drug-likeness (QED) is 0.892. The molecule has 1 aliphatic rings. The molecule has 0 radical (unpaired) electrons. The third-order valence-electron chi connectivity index (χ3n) is 3.10. The average molecular weight is 243 g/mol. The van der Waals surface area contributed by atoms with E-state index in [1.807, 2.05) is 12.1 Å². The van der Waals surface area contributed by atoms with Gasteiger partial charge in [0.15, 0.2) is 0 Å². The summed E-state index contributed by atoms with van der Waals surface area (Å²) < 4.78 is 18.2. The van der Waals surface area contributed by atoms with Crippen molar-refractivity contribution in [3.05, 3.63) is 59.4 Å². The van der Waals surface area contributed by atoms with Gasteiger partial charge in [0.05, 0.1) is 6.61 Å². The summed E-state index contributed by atoms with van der Waals surface area (Å²) in [5.41, 5.74) is 3.39. The smallest absolute Gasteiger partial charge is 0.123 e. The number of rotatable bonds is 3. The summed E-state index contributed by atoms with van der Waals surface area (Å²) in [6.45, 7) is 1.47. The summed E-state index contributed by atoms with van der Waals surface area (Å²) in [6.07, 6.45) is 0.974. The Bertz CT molecular complexity index is 551. The minimum Gasteiger partial charge on any atom is -0.493 e. The van der Waals surface area contributed by atoms with Crippen molar-refractivity contribution < 1.29 is 9.13 Å². The Morgan fingerprint density at radius 1 is 1.11 bits per heavy atom. The summed E-state index contributed by atoms with van der Waals surface area (Å²) in [6, 6.07) is 12.7. The molecule has 3 rings (SSSR count). The van der Waals surface area contributed by atoms with Gasteiger partial charge in [-0.2, -0.15) is 0 Å². The van der Waals surface area contributed by atoms with Crippen LogP contribution in [0.25, 0.3) is 0 Å². The van der Waals surface area contributed by atoms with Gasteiger partial charge in [0, 0.05) is 18.7 Å². The fourth-order valence-corrected chi connectivity index (χ4v) is 2.10. The van der Waals surface area contributed by atoms with Crippen molar-refractivity contribution >= 4 is 5.69 Å². The Morgan fingerprint density at radius 3 is 2.78 bits per heavy atom. The van der Waals surface area contributed by atoms with Crippen molar-refractivity contribution in [1.82, 2.24) is 0 Å². The highest BCUT2D eigenvalue weighted by Gasteiger charge is 2.11. The molecule has 3 heteroatoms. The zero-order chi connectivity index (χ0) is 12.4. The van der Waals surface area contributed by atoms with Crippen molar-refractivity contribution in [3.8, 4) is 5.75 Å². The van der Waals surface area contributed by atoms with Crippen LogP contribution in [0.2, 0.25) is 0 Å². The van der Waals surface area contributed by atoms with Crippen LogP contribution in [0, 0.1) is 5.82 Å². The van der Waals surface area contributed by atoms with E-state index in [1.165, 1.54) is 17.7 Å². The number of anilines is 1. The Hall–Kier alpha value is -2.03. The van der Waals surface area contributed by atoms with Gasteiger partial charge in [-0.05, 0) is 41.5 Å². The van der Waals surface area contributed by atoms with E-state index in [4.69, 9.17) is 4.74 Å². The summed E-state index contributed by atoms with van der Waals surface area (Å²) in [7, 11) is 0.